The molecule has 2 saturated heterocycles. The molecule has 0 saturated carbocycles. The number of rotatable bonds is 6. The van der Waals surface area contributed by atoms with Crippen LogP contribution in [0.5, 0.6) is 0 Å². The van der Waals surface area contributed by atoms with Crippen LogP contribution in [0.2, 0.25) is 0 Å². The Morgan fingerprint density at radius 1 is 1.10 bits per heavy atom. The minimum Gasteiger partial charge on any atom is -0.306 e. The Bertz CT molecular complexity index is 315. The summed E-state index contributed by atoms with van der Waals surface area (Å²) in [5, 5.41) is 0. The zero-order valence-corrected chi connectivity index (χ0v) is 14.3. The van der Waals surface area contributed by atoms with Gasteiger partial charge >= 0.3 is 0 Å². The first-order valence-corrected chi connectivity index (χ1v) is 9.08. The van der Waals surface area contributed by atoms with Gasteiger partial charge in [0.1, 0.15) is 5.78 Å². The van der Waals surface area contributed by atoms with E-state index in [1.54, 1.807) is 0 Å². The molecule has 1 unspecified atom stereocenters. The molecule has 0 aromatic heterocycles. The van der Waals surface area contributed by atoms with E-state index in [-0.39, 0.29) is 5.92 Å². The number of carbonyl (C=O) groups is 1. The number of hydrogen-bond acceptors (Lipinski definition) is 3. The second kappa shape index (κ2) is 8.28. The quantitative estimate of drug-likeness (QED) is 0.751. The van der Waals surface area contributed by atoms with E-state index in [2.05, 4.69) is 30.7 Å². The lowest BCUT2D eigenvalue weighted by molar-refractivity contribution is -0.128. The molecule has 1 atom stereocenters. The lowest BCUT2D eigenvalue weighted by Crippen LogP contribution is -2.47. The van der Waals surface area contributed by atoms with E-state index in [0.717, 1.165) is 38.4 Å². The van der Waals surface area contributed by atoms with Gasteiger partial charge in [0.2, 0.25) is 0 Å². The largest absolute Gasteiger partial charge is 0.306 e. The third-order valence-electron chi connectivity index (χ3n) is 5.61. The van der Waals surface area contributed by atoms with Crippen molar-refractivity contribution < 1.29 is 4.79 Å². The van der Waals surface area contributed by atoms with Crippen molar-refractivity contribution in [2.24, 2.45) is 11.8 Å². The summed E-state index contributed by atoms with van der Waals surface area (Å²) in [6.45, 7) is 9.10. The maximum absolute atomic E-state index is 12.5. The van der Waals surface area contributed by atoms with Crippen LogP contribution in [-0.4, -0.2) is 54.9 Å². The van der Waals surface area contributed by atoms with Crippen molar-refractivity contribution in [3.8, 4) is 0 Å². The first-order chi connectivity index (χ1) is 10.1. The molecule has 0 bridgehead atoms. The van der Waals surface area contributed by atoms with Gasteiger partial charge in [-0.05, 0) is 65.3 Å². The lowest BCUT2D eigenvalue weighted by atomic mass is 9.84. The van der Waals surface area contributed by atoms with Crippen LogP contribution in [0.3, 0.4) is 0 Å². The number of unbranched alkanes of at least 4 members (excludes halogenated alkanes) is 1. The predicted octanol–water partition coefficient (Wildman–Crippen LogP) is 3.19. The molecule has 0 aliphatic carbocycles. The van der Waals surface area contributed by atoms with Crippen LogP contribution in [0, 0.1) is 11.8 Å². The van der Waals surface area contributed by atoms with E-state index >= 15 is 0 Å². The molecule has 21 heavy (non-hydrogen) atoms. The van der Waals surface area contributed by atoms with Gasteiger partial charge < -0.3 is 9.80 Å². The van der Waals surface area contributed by atoms with E-state index in [9.17, 15) is 4.79 Å². The van der Waals surface area contributed by atoms with Gasteiger partial charge in [-0.15, -0.1) is 0 Å². The molecule has 2 heterocycles. The van der Waals surface area contributed by atoms with Gasteiger partial charge in [-0.25, -0.2) is 0 Å². The number of piperidine rings is 2. The molecule has 0 aromatic carbocycles. The van der Waals surface area contributed by atoms with Crippen molar-refractivity contribution in [3.05, 3.63) is 0 Å². The van der Waals surface area contributed by atoms with Gasteiger partial charge in [0, 0.05) is 17.9 Å². The van der Waals surface area contributed by atoms with Crippen molar-refractivity contribution in [3.63, 3.8) is 0 Å². The maximum atomic E-state index is 12.5. The Balaban J connectivity index is 1.73. The van der Waals surface area contributed by atoms with E-state index in [0.29, 0.717) is 11.7 Å². The number of carbonyl (C=O) groups excluding carboxylic acids is 1. The first-order valence-electron chi connectivity index (χ1n) is 9.08. The molecule has 3 heteroatoms. The van der Waals surface area contributed by atoms with Crippen LogP contribution in [0.25, 0.3) is 0 Å². The van der Waals surface area contributed by atoms with Gasteiger partial charge in [-0.2, -0.15) is 0 Å². The minimum atomic E-state index is 0.282. The highest BCUT2D eigenvalue weighted by Crippen LogP contribution is 2.27. The fourth-order valence-corrected chi connectivity index (χ4v) is 3.96. The minimum absolute atomic E-state index is 0.282. The highest BCUT2D eigenvalue weighted by Gasteiger charge is 2.31. The number of Topliss-reactive ketones (excluding diaryl/α,β-unsaturated/α-hetero) is 1. The Labute approximate surface area is 131 Å². The smallest absolute Gasteiger partial charge is 0.138 e. The average Bonchev–Trinajstić information content (AvgIpc) is 2.53. The molecule has 2 rings (SSSR count). The standard InChI is InChI=1S/C18H34N2O/c1-4-5-6-15(2)18(21)16-7-13-20(14-8-16)17-9-11-19(3)12-10-17/h15-17H,4-14H2,1-3H3. The third kappa shape index (κ3) is 4.79. The molecule has 0 N–H and O–H groups in total. The Morgan fingerprint density at radius 3 is 2.29 bits per heavy atom. The highest BCUT2D eigenvalue weighted by molar-refractivity contribution is 5.83. The van der Waals surface area contributed by atoms with Crippen molar-refractivity contribution in [2.45, 2.75) is 64.8 Å². The summed E-state index contributed by atoms with van der Waals surface area (Å²) in [7, 11) is 2.22. The zero-order chi connectivity index (χ0) is 15.2. The molecule has 0 aromatic rings. The monoisotopic (exact) mass is 294 g/mol. The van der Waals surface area contributed by atoms with Gasteiger partial charge in [-0.1, -0.05) is 26.7 Å². The average molecular weight is 294 g/mol. The van der Waals surface area contributed by atoms with Crippen molar-refractivity contribution >= 4 is 5.78 Å². The number of ketones is 1. The zero-order valence-electron chi connectivity index (χ0n) is 14.3. The number of nitrogens with zero attached hydrogens (tertiary/aromatic N) is 2. The molecule has 122 valence electrons. The summed E-state index contributed by atoms with van der Waals surface area (Å²) in [5.41, 5.74) is 0. The van der Waals surface area contributed by atoms with Gasteiger partial charge in [0.25, 0.3) is 0 Å². The van der Waals surface area contributed by atoms with Crippen LogP contribution in [-0.2, 0) is 4.79 Å². The summed E-state index contributed by atoms with van der Waals surface area (Å²) in [5.74, 6) is 1.18. The Kier molecular flexibility index (Phi) is 6.69. The number of hydrogen-bond donors (Lipinski definition) is 0. The summed E-state index contributed by atoms with van der Waals surface area (Å²) >= 11 is 0. The van der Waals surface area contributed by atoms with E-state index in [1.165, 1.54) is 38.8 Å². The van der Waals surface area contributed by atoms with Crippen LogP contribution >= 0.6 is 0 Å². The molecule has 0 spiro atoms. The van der Waals surface area contributed by atoms with Crippen LogP contribution in [0.15, 0.2) is 0 Å². The molecule has 3 nitrogen and oxygen atoms in total. The first kappa shape index (κ1) is 17.0. The molecular formula is C18H34N2O. The van der Waals surface area contributed by atoms with Crippen LogP contribution < -0.4 is 0 Å². The van der Waals surface area contributed by atoms with Gasteiger partial charge in [0.05, 0.1) is 0 Å². The van der Waals surface area contributed by atoms with Crippen molar-refractivity contribution in [2.75, 3.05) is 33.2 Å². The molecule has 0 amide bonds. The summed E-state index contributed by atoms with van der Waals surface area (Å²) in [4.78, 5) is 17.6. The van der Waals surface area contributed by atoms with Gasteiger partial charge in [-0.3, -0.25) is 4.79 Å². The van der Waals surface area contributed by atoms with E-state index < -0.39 is 0 Å². The maximum Gasteiger partial charge on any atom is 0.138 e. The SMILES string of the molecule is CCCCC(C)C(=O)C1CCN(C2CCN(C)CC2)CC1. The Morgan fingerprint density at radius 2 is 1.71 bits per heavy atom. The lowest BCUT2D eigenvalue weighted by Gasteiger charge is -2.41. The van der Waals surface area contributed by atoms with E-state index in [4.69, 9.17) is 0 Å². The summed E-state index contributed by atoms with van der Waals surface area (Å²) < 4.78 is 0. The Hall–Kier alpha value is -0.410. The van der Waals surface area contributed by atoms with Crippen molar-refractivity contribution in [1.82, 2.24) is 9.80 Å². The molecule has 2 aliphatic heterocycles. The summed E-state index contributed by atoms with van der Waals surface area (Å²) in [6.07, 6.45) is 8.30. The molecular weight excluding hydrogens is 260 g/mol. The van der Waals surface area contributed by atoms with Crippen molar-refractivity contribution in [1.29, 1.82) is 0 Å². The van der Waals surface area contributed by atoms with Crippen LogP contribution in [0.1, 0.15) is 58.8 Å². The number of likely N-dealkylation sites (tertiary alicyclic amines) is 2. The molecule has 0 radical (unpaired) electrons. The topological polar surface area (TPSA) is 23.6 Å². The highest BCUT2D eigenvalue weighted by atomic mass is 16.1. The fraction of sp³-hybridized carbons (Fsp3) is 0.944. The predicted molar refractivity (Wildman–Crippen MR) is 88.5 cm³/mol. The van der Waals surface area contributed by atoms with E-state index in [1.807, 2.05) is 0 Å². The third-order valence-corrected chi connectivity index (χ3v) is 5.61. The molecule has 2 aliphatic rings. The van der Waals surface area contributed by atoms with Crippen LogP contribution in [0.4, 0.5) is 0 Å². The fourth-order valence-electron chi connectivity index (χ4n) is 3.96. The van der Waals surface area contributed by atoms with Gasteiger partial charge in [0.15, 0.2) is 0 Å². The molecule has 2 fully saturated rings. The second-order valence-electron chi connectivity index (χ2n) is 7.29. The second-order valence-corrected chi connectivity index (χ2v) is 7.29. The summed E-state index contributed by atoms with van der Waals surface area (Å²) in [6, 6.07) is 0.773. The normalized spacial score (nSPS) is 25.1.